The molecule has 0 radical (unpaired) electrons. The summed E-state index contributed by atoms with van der Waals surface area (Å²) < 4.78 is 0.913. The van der Waals surface area contributed by atoms with Gasteiger partial charge in [-0.2, -0.15) is 0 Å². The van der Waals surface area contributed by atoms with Gasteiger partial charge in [0, 0.05) is 28.8 Å². The minimum Gasteiger partial charge on any atom is -0.409 e. The van der Waals surface area contributed by atoms with Crippen molar-refractivity contribution in [3.63, 3.8) is 0 Å². The molecule has 4 N–H and O–H groups in total. The lowest BCUT2D eigenvalue weighted by atomic mass is 10.1. The normalized spacial score (nSPS) is 11.6. The monoisotopic (exact) mass is 329 g/mol. The topological polar surface area (TPSA) is 82.1 Å². The fourth-order valence-electron chi connectivity index (χ4n) is 1.86. The fraction of sp³-hybridized carbons (Fsp3) is 0.462. The van der Waals surface area contributed by atoms with Crippen LogP contribution in [0.2, 0.25) is 0 Å². The molecule has 0 unspecified atom stereocenters. The average Bonchev–Trinajstić information content (AvgIpc) is 2.42. The molecule has 1 aromatic carbocycles. The molecule has 0 aliphatic heterocycles. The van der Waals surface area contributed by atoms with Crippen LogP contribution >= 0.6 is 15.9 Å². The maximum atomic E-state index is 9.19. The number of halogens is 1. The van der Waals surface area contributed by atoms with E-state index in [0.29, 0.717) is 12.1 Å². The van der Waals surface area contributed by atoms with Crippen LogP contribution in [0, 0.1) is 0 Å². The number of aliphatic hydroxyl groups excluding tert-OH is 1. The van der Waals surface area contributed by atoms with Crippen LogP contribution in [0.5, 0.6) is 0 Å². The zero-order chi connectivity index (χ0) is 14.3. The van der Waals surface area contributed by atoms with E-state index in [1.165, 1.54) is 0 Å². The zero-order valence-electron chi connectivity index (χ0n) is 11.0. The molecule has 0 aromatic heterocycles. The maximum absolute atomic E-state index is 9.19. The van der Waals surface area contributed by atoms with Crippen LogP contribution in [0.1, 0.15) is 25.3 Å². The van der Waals surface area contributed by atoms with Crippen LogP contribution in [-0.4, -0.2) is 35.8 Å². The molecule has 0 saturated heterocycles. The number of hydrogen-bond acceptors (Lipinski definition) is 4. The van der Waals surface area contributed by atoms with Crippen molar-refractivity contribution in [1.82, 2.24) is 0 Å². The van der Waals surface area contributed by atoms with Crippen LogP contribution in [0.3, 0.4) is 0 Å². The second-order valence-corrected chi connectivity index (χ2v) is 5.13. The predicted molar refractivity (Wildman–Crippen MR) is 80.9 cm³/mol. The molecule has 6 heteroatoms. The molecule has 106 valence electrons. The van der Waals surface area contributed by atoms with Crippen molar-refractivity contribution >= 4 is 27.5 Å². The van der Waals surface area contributed by atoms with Crippen molar-refractivity contribution in [2.45, 2.75) is 19.8 Å². The third kappa shape index (κ3) is 4.40. The van der Waals surface area contributed by atoms with Gasteiger partial charge < -0.3 is 20.9 Å². The first kappa shape index (κ1) is 15.8. The van der Waals surface area contributed by atoms with Gasteiger partial charge in [0.2, 0.25) is 0 Å². The van der Waals surface area contributed by atoms with Gasteiger partial charge in [-0.15, -0.1) is 0 Å². The molecule has 5 nitrogen and oxygen atoms in total. The largest absolute Gasteiger partial charge is 0.409 e. The summed E-state index contributed by atoms with van der Waals surface area (Å²) in [7, 11) is 0. The van der Waals surface area contributed by atoms with Crippen molar-refractivity contribution in [3.05, 3.63) is 28.2 Å². The molecule has 19 heavy (non-hydrogen) atoms. The lowest BCUT2D eigenvalue weighted by Crippen LogP contribution is -2.30. The third-order valence-corrected chi connectivity index (χ3v) is 3.33. The highest BCUT2D eigenvalue weighted by molar-refractivity contribution is 9.10. The summed E-state index contributed by atoms with van der Waals surface area (Å²) in [5.41, 5.74) is 7.22. The number of aliphatic hydroxyl groups is 1. The zero-order valence-corrected chi connectivity index (χ0v) is 12.6. The number of hydrogen-bond donors (Lipinski definition) is 3. The minimum absolute atomic E-state index is 0.0613. The predicted octanol–water partition coefficient (Wildman–Crippen LogP) is 2.14. The highest BCUT2D eigenvalue weighted by atomic mass is 79.9. The smallest absolute Gasteiger partial charge is 0.172 e. The summed E-state index contributed by atoms with van der Waals surface area (Å²) in [6.45, 7) is 3.51. The Morgan fingerprint density at radius 1 is 1.42 bits per heavy atom. The lowest BCUT2D eigenvalue weighted by Gasteiger charge is -2.26. The Kier molecular flexibility index (Phi) is 6.66. The van der Waals surface area contributed by atoms with Crippen LogP contribution < -0.4 is 10.6 Å². The van der Waals surface area contributed by atoms with E-state index in [1.54, 1.807) is 6.07 Å². The van der Waals surface area contributed by atoms with Gasteiger partial charge in [-0.3, -0.25) is 0 Å². The van der Waals surface area contributed by atoms with E-state index < -0.39 is 0 Å². The lowest BCUT2D eigenvalue weighted by molar-refractivity contribution is 0.301. The first-order valence-corrected chi connectivity index (χ1v) is 7.06. The van der Waals surface area contributed by atoms with Crippen LogP contribution in [0.25, 0.3) is 0 Å². The van der Waals surface area contributed by atoms with E-state index in [9.17, 15) is 5.11 Å². The van der Waals surface area contributed by atoms with Crippen LogP contribution in [-0.2, 0) is 0 Å². The molecule has 0 aliphatic rings. The van der Waals surface area contributed by atoms with Gasteiger partial charge >= 0.3 is 0 Å². The molecule has 0 amide bonds. The summed E-state index contributed by atoms with van der Waals surface area (Å²) >= 11 is 3.42. The molecular weight excluding hydrogens is 310 g/mol. The van der Waals surface area contributed by atoms with E-state index in [2.05, 4.69) is 28.0 Å². The van der Waals surface area contributed by atoms with Gasteiger partial charge in [0.05, 0.1) is 6.61 Å². The molecule has 0 heterocycles. The Morgan fingerprint density at radius 2 is 2.16 bits per heavy atom. The molecule has 0 saturated carbocycles. The van der Waals surface area contributed by atoms with Crippen molar-refractivity contribution < 1.29 is 10.3 Å². The first-order valence-electron chi connectivity index (χ1n) is 6.27. The summed E-state index contributed by atoms with van der Waals surface area (Å²) in [6, 6.07) is 5.55. The molecule has 0 bridgehead atoms. The number of rotatable bonds is 7. The molecule has 1 aromatic rings. The quantitative estimate of drug-likeness (QED) is 0.310. The number of oxime groups is 1. The number of nitrogens with two attached hydrogens (primary N) is 1. The van der Waals surface area contributed by atoms with Gasteiger partial charge in [0.25, 0.3) is 0 Å². The van der Waals surface area contributed by atoms with Crippen LogP contribution in [0.4, 0.5) is 5.69 Å². The van der Waals surface area contributed by atoms with E-state index in [1.807, 2.05) is 17.0 Å². The number of amidine groups is 1. The Labute approximate surface area is 121 Å². The third-order valence-electron chi connectivity index (χ3n) is 2.84. The Hall–Kier alpha value is -1.27. The molecule has 1 rings (SSSR count). The average molecular weight is 330 g/mol. The van der Waals surface area contributed by atoms with Crippen LogP contribution in [0.15, 0.2) is 27.8 Å². The summed E-state index contributed by atoms with van der Waals surface area (Å²) in [6.07, 6.45) is 2.08. The van der Waals surface area contributed by atoms with Crippen molar-refractivity contribution in [2.24, 2.45) is 10.9 Å². The Morgan fingerprint density at radius 3 is 2.74 bits per heavy atom. The molecule has 0 spiro atoms. The van der Waals surface area contributed by atoms with Gasteiger partial charge in [-0.05, 0) is 24.6 Å². The maximum Gasteiger partial charge on any atom is 0.172 e. The van der Waals surface area contributed by atoms with Crippen molar-refractivity contribution in [3.8, 4) is 0 Å². The number of nitrogens with zero attached hydrogens (tertiary/aromatic N) is 2. The number of benzene rings is 1. The summed E-state index contributed by atoms with van der Waals surface area (Å²) in [5, 5.41) is 21.1. The summed E-state index contributed by atoms with van der Waals surface area (Å²) in [4.78, 5) is 2.04. The molecule has 0 fully saturated rings. The van der Waals surface area contributed by atoms with Crippen molar-refractivity contribution in [2.75, 3.05) is 24.6 Å². The van der Waals surface area contributed by atoms with Gasteiger partial charge in [0.1, 0.15) is 0 Å². The van der Waals surface area contributed by atoms with E-state index in [0.717, 1.165) is 29.5 Å². The SMILES string of the molecule is CCCCN(CCO)c1cc(Br)ccc1/C(N)=N/O. The van der Waals surface area contributed by atoms with Gasteiger partial charge in [-0.1, -0.05) is 34.4 Å². The second kappa shape index (κ2) is 8.01. The molecule has 0 aliphatic carbocycles. The number of unbranched alkanes of at least 4 members (excludes halogenated alkanes) is 1. The Balaban J connectivity index is 3.14. The van der Waals surface area contributed by atoms with Gasteiger partial charge in [0.15, 0.2) is 5.84 Å². The van der Waals surface area contributed by atoms with Gasteiger partial charge in [-0.25, -0.2) is 0 Å². The molecule has 0 atom stereocenters. The van der Waals surface area contributed by atoms with E-state index in [-0.39, 0.29) is 12.4 Å². The van der Waals surface area contributed by atoms with Crippen molar-refractivity contribution in [1.29, 1.82) is 0 Å². The standard InChI is InChI=1S/C13H20BrN3O2/c1-2-3-6-17(7-8-18)12-9-10(14)4-5-11(12)13(15)16-19/h4-5,9,18-19H,2-3,6-8H2,1H3,(H2,15,16). The summed E-state index contributed by atoms with van der Waals surface area (Å²) in [5.74, 6) is 0.0712. The second-order valence-electron chi connectivity index (χ2n) is 4.21. The minimum atomic E-state index is 0.0613. The fourth-order valence-corrected chi connectivity index (χ4v) is 2.21. The molecular formula is C13H20BrN3O2. The number of anilines is 1. The van der Waals surface area contributed by atoms with E-state index >= 15 is 0 Å². The van der Waals surface area contributed by atoms with E-state index in [4.69, 9.17) is 10.9 Å². The highest BCUT2D eigenvalue weighted by Crippen LogP contribution is 2.25. The highest BCUT2D eigenvalue weighted by Gasteiger charge is 2.14. The Bertz CT molecular complexity index is 438. The first-order chi connectivity index (χ1) is 9.13.